The zero-order valence-electron chi connectivity index (χ0n) is 11.8. The van der Waals surface area contributed by atoms with E-state index in [-0.39, 0.29) is 6.04 Å². The van der Waals surface area contributed by atoms with E-state index in [1.807, 2.05) is 43.4 Å². The van der Waals surface area contributed by atoms with Crippen LogP contribution in [0.1, 0.15) is 18.8 Å². The van der Waals surface area contributed by atoms with Crippen LogP contribution in [0.4, 0.5) is 5.69 Å². The zero-order valence-corrected chi connectivity index (χ0v) is 14.1. The molecule has 0 aliphatic rings. The Labute approximate surface area is 137 Å². The SMILES string of the molecule is CC(Nc1ccc(Cl)cc1Br)c1nc2ccccc2n1C. The van der Waals surface area contributed by atoms with Gasteiger partial charge in [0.15, 0.2) is 0 Å². The average Bonchev–Trinajstić information content (AvgIpc) is 2.80. The van der Waals surface area contributed by atoms with Crippen molar-refractivity contribution in [2.75, 3.05) is 5.32 Å². The fourth-order valence-corrected chi connectivity index (χ4v) is 3.25. The Balaban J connectivity index is 1.93. The first-order chi connectivity index (χ1) is 10.1. The van der Waals surface area contributed by atoms with Gasteiger partial charge in [-0.05, 0) is 53.2 Å². The highest BCUT2D eigenvalue weighted by molar-refractivity contribution is 9.10. The van der Waals surface area contributed by atoms with Gasteiger partial charge >= 0.3 is 0 Å². The fourth-order valence-electron chi connectivity index (χ4n) is 2.46. The lowest BCUT2D eigenvalue weighted by Gasteiger charge is -2.16. The van der Waals surface area contributed by atoms with Gasteiger partial charge in [0, 0.05) is 22.2 Å². The maximum Gasteiger partial charge on any atom is 0.131 e. The Morgan fingerprint density at radius 2 is 2.00 bits per heavy atom. The highest BCUT2D eigenvalue weighted by atomic mass is 79.9. The molecular weight excluding hydrogens is 350 g/mol. The minimum Gasteiger partial charge on any atom is -0.374 e. The number of halogens is 2. The Morgan fingerprint density at radius 3 is 2.71 bits per heavy atom. The summed E-state index contributed by atoms with van der Waals surface area (Å²) in [5.41, 5.74) is 3.15. The second kappa shape index (κ2) is 5.70. The third-order valence-corrected chi connectivity index (χ3v) is 4.40. The van der Waals surface area contributed by atoms with E-state index in [0.29, 0.717) is 5.02 Å². The quantitative estimate of drug-likeness (QED) is 0.695. The fraction of sp³-hybridized carbons (Fsp3) is 0.188. The van der Waals surface area contributed by atoms with Crippen LogP contribution < -0.4 is 5.32 Å². The van der Waals surface area contributed by atoms with Crippen LogP contribution in [-0.2, 0) is 7.05 Å². The number of anilines is 1. The summed E-state index contributed by atoms with van der Waals surface area (Å²) in [4.78, 5) is 4.71. The van der Waals surface area contributed by atoms with Gasteiger partial charge in [-0.1, -0.05) is 23.7 Å². The van der Waals surface area contributed by atoms with Crippen molar-refractivity contribution in [1.29, 1.82) is 0 Å². The van der Waals surface area contributed by atoms with E-state index in [9.17, 15) is 0 Å². The molecule has 21 heavy (non-hydrogen) atoms. The third kappa shape index (κ3) is 2.78. The molecule has 5 heteroatoms. The Kier molecular flexibility index (Phi) is 3.91. The molecule has 1 N–H and O–H groups in total. The molecule has 0 fully saturated rings. The van der Waals surface area contributed by atoms with E-state index in [2.05, 4.69) is 38.8 Å². The maximum absolute atomic E-state index is 5.97. The first kappa shape index (κ1) is 14.4. The largest absolute Gasteiger partial charge is 0.374 e. The first-order valence-electron chi connectivity index (χ1n) is 6.69. The number of rotatable bonds is 3. The minimum atomic E-state index is 0.0832. The molecule has 1 unspecified atom stereocenters. The van der Waals surface area contributed by atoms with Crippen LogP contribution in [0.15, 0.2) is 46.9 Å². The maximum atomic E-state index is 5.97. The highest BCUT2D eigenvalue weighted by Crippen LogP contribution is 2.29. The molecule has 0 saturated heterocycles. The standard InChI is InChI=1S/C16H15BrClN3/c1-10(19-13-8-7-11(18)9-12(13)17)16-20-14-5-3-4-6-15(14)21(16)2/h3-10,19H,1-2H3. The second-order valence-corrected chi connectivity index (χ2v) is 6.30. The molecule has 108 valence electrons. The van der Waals surface area contributed by atoms with Crippen LogP contribution in [0.25, 0.3) is 11.0 Å². The van der Waals surface area contributed by atoms with Crippen molar-refractivity contribution in [3.05, 3.63) is 57.8 Å². The van der Waals surface area contributed by atoms with Gasteiger partial charge in [0.25, 0.3) is 0 Å². The van der Waals surface area contributed by atoms with Crippen LogP contribution >= 0.6 is 27.5 Å². The number of aromatic nitrogens is 2. The lowest BCUT2D eigenvalue weighted by molar-refractivity contribution is 0.733. The van der Waals surface area contributed by atoms with Crippen molar-refractivity contribution < 1.29 is 0 Å². The molecule has 3 nitrogen and oxygen atoms in total. The lowest BCUT2D eigenvalue weighted by Crippen LogP contribution is -2.12. The smallest absolute Gasteiger partial charge is 0.131 e. The van der Waals surface area contributed by atoms with Gasteiger partial charge in [0.05, 0.1) is 17.1 Å². The monoisotopic (exact) mass is 363 g/mol. The molecule has 0 amide bonds. The Morgan fingerprint density at radius 1 is 1.24 bits per heavy atom. The summed E-state index contributed by atoms with van der Waals surface area (Å²) in [5.74, 6) is 0.998. The van der Waals surface area contributed by atoms with Crippen molar-refractivity contribution >= 4 is 44.3 Å². The summed E-state index contributed by atoms with van der Waals surface area (Å²) >= 11 is 9.50. The normalized spacial score (nSPS) is 12.6. The number of nitrogens with zero attached hydrogens (tertiary/aromatic N) is 2. The van der Waals surface area contributed by atoms with Gasteiger partial charge in [0.1, 0.15) is 5.82 Å². The molecule has 0 aliphatic heterocycles. The van der Waals surface area contributed by atoms with Crippen molar-refractivity contribution in [2.24, 2.45) is 7.05 Å². The molecule has 1 atom stereocenters. The van der Waals surface area contributed by atoms with E-state index >= 15 is 0 Å². The summed E-state index contributed by atoms with van der Waals surface area (Å²) in [5, 5.41) is 4.18. The van der Waals surface area contributed by atoms with Gasteiger partial charge in [-0.2, -0.15) is 0 Å². The van der Waals surface area contributed by atoms with Crippen LogP contribution in [0, 0.1) is 0 Å². The van der Waals surface area contributed by atoms with Crippen molar-refractivity contribution in [1.82, 2.24) is 9.55 Å². The molecule has 0 bridgehead atoms. The van der Waals surface area contributed by atoms with Crippen molar-refractivity contribution in [2.45, 2.75) is 13.0 Å². The number of hydrogen-bond acceptors (Lipinski definition) is 2. The molecule has 1 aromatic heterocycles. The molecule has 0 aliphatic carbocycles. The third-order valence-electron chi connectivity index (χ3n) is 3.51. The number of imidazole rings is 1. The minimum absolute atomic E-state index is 0.0832. The van der Waals surface area contributed by atoms with Gasteiger partial charge in [-0.3, -0.25) is 0 Å². The second-order valence-electron chi connectivity index (χ2n) is 5.01. The summed E-state index contributed by atoms with van der Waals surface area (Å²) in [6.07, 6.45) is 0. The molecule has 3 aromatic rings. The summed E-state index contributed by atoms with van der Waals surface area (Å²) in [7, 11) is 2.04. The number of nitrogens with one attached hydrogen (secondary N) is 1. The van der Waals surface area contributed by atoms with Gasteiger partial charge in [0.2, 0.25) is 0 Å². The Bertz CT molecular complexity index is 797. The van der Waals surface area contributed by atoms with Crippen LogP contribution in [0.5, 0.6) is 0 Å². The molecule has 0 spiro atoms. The van der Waals surface area contributed by atoms with E-state index in [4.69, 9.17) is 16.6 Å². The molecule has 0 saturated carbocycles. The van der Waals surface area contributed by atoms with E-state index in [1.165, 1.54) is 0 Å². The Hall–Kier alpha value is -1.52. The molecule has 2 aromatic carbocycles. The predicted molar refractivity (Wildman–Crippen MR) is 91.9 cm³/mol. The average molecular weight is 365 g/mol. The molecule has 0 radical (unpaired) electrons. The number of benzene rings is 2. The zero-order chi connectivity index (χ0) is 15.0. The molecular formula is C16H15BrClN3. The molecule has 3 rings (SSSR count). The first-order valence-corrected chi connectivity index (χ1v) is 7.86. The number of fused-ring (bicyclic) bond motifs is 1. The summed E-state index contributed by atoms with van der Waals surface area (Å²) in [6, 6.07) is 13.9. The van der Waals surface area contributed by atoms with Crippen LogP contribution in [0.2, 0.25) is 5.02 Å². The van der Waals surface area contributed by atoms with Gasteiger partial charge < -0.3 is 9.88 Å². The number of aryl methyl sites for hydroxylation is 1. The van der Waals surface area contributed by atoms with Crippen LogP contribution in [0.3, 0.4) is 0 Å². The van der Waals surface area contributed by atoms with Crippen molar-refractivity contribution in [3.63, 3.8) is 0 Å². The highest BCUT2D eigenvalue weighted by Gasteiger charge is 2.15. The van der Waals surface area contributed by atoms with E-state index in [1.54, 1.807) is 0 Å². The topological polar surface area (TPSA) is 29.9 Å². The van der Waals surface area contributed by atoms with Gasteiger partial charge in [-0.25, -0.2) is 4.98 Å². The predicted octanol–water partition coefficient (Wildman–Crippen LogP) is 5.16. The number of para-hydroxylation sites is 2. The van der Waals surface area contributed by atoms with E-state index in [0.717, 1.165) is 27.0 Å². The lowest BCUT2D eigenvalue weighted by atomic mass is 10.2. The van der Waals surface area contributed by atoms with E-state index < -0.39 is 0 Å². The van der Waals surface area contributed by atoms with Crippen LogP contribution in [-0.4, -0.2) is 9.55 Å². The summed E-state index contributed by atoms with van der Waals surface area (Å²) < 4.78 is 3.07. The number of hydrogen-bond donors (Lipinski definition) is 1. The van der Waals surface area contributed by atoms with Crippen molar-refractivity contribution in [3.8, 4) is 0 Å². The molecule has 1 heterocycles. The summed E-state index contributed by atoms with van der Waals surface area (Å²) in [6.45, 7) is 2.10. The van der Waals surface area contributed by atoms with Gasteiger partial charge in [-0.15, -0.1) is 0 Å².